The quantitative estimate of drug-likeness (QED) is 0.720. The number of hydrogen-bond acceptors (Lipinski definition) is 6. The van der Waals surface area contributed by atoms with Crippen molar-refractivity contribution in [3.8, 4) is 0 Å². The van der Waals surface area contributed by atoms with Crippen LogP contribution >= 0.6 is 0 Å². The first-order chi connectivity index (χ1) is 12.3. The lowest BCUT2D eigenvalue weighted by molar-refractivity contribution is -0.119. The molecule has 26 heavy (non-hydrogen) atoms. The highest BCUT2D eigenvalue weighted by molar-refractivity contribution is 7.92. The fraction of sp³-hybridized carbons (Fsp3) is 0.235. The highest BCUT2D eigenvalue weighted by atomic mass is 32.2. The normalized spacial score (nSPS) is 10.8. The Labute approximate surface area is 151 Å². The first-order valence-corrected chi connectivity index (χ1v) is 9.48. The van der Waals surface area contributed by atoms with Crippen LogP contribution in [-0.4, -0.2) is 45.2 Å². The topological polar surface area (TPSA) is 106 Å². The molecule has 0 aliphatic carbocycles. The van der Waals surface area contributed by atoms with Gasteiger partial charge in [-0.3, -0.25) is 14.1 Å². The van der Waals surface area contributed by atoms with Crippen LogP contribution in [0.3, 0.4) is 0 Å². The number of anilines is 1. The second kappa shape index (κ2) is 8.43. The van der Waals surface area contributed by atoms with Gasteiger partial charge in [0.15, 0.2) is 0 Å². The number of carbonyl (C=O) groups is 2. The van der Waals surface area contributed by atoms with Crippen molar-refractivity contribution in [2.24, 2.45) is 0 Å². The molecule has 0 aliphatic heterocycles. The summed E-state index contributed by atoms with van der Waals surface area (Å²) < 4.78 is 29.9. The van der Waals surface area contributed by atoms with Crippen LogP contribution in [-0.2, 0) is 26.1 Å². The van der Waals surface area contributed by atoms with Gasteiger partial charge in [-0.05, 0) is 29.8 Å². The molecule has 1 N–H and O–H groups in total. The molecule has 8 nitrogen and oxygen atoms in total. The molecule has 1 aromatic carbocycles. The number of rotatable bonds is 7. The number of methoxy groups -OCH3 is 1. The SMILES string of the molecule is COC(=O)c1ccccc1N(CC(=O)NCc1ccncc1)S(C)(=O)=O. The largest absolute Gasteiger partial charge is 0.465 e. The second-order valence-corrected chi connectivity index (χ2v) is 7.32. The van der Waals surface area contributed by atoms with Crippen molar-refractivity contribution in [1.82, 2.24) is 10.3 Å². The molecule has 0 saturated heterocycles. The molecular formula is C17H19N3O5S. The summed E-state index contributed by atoms with van der Waals surface area (Å²) in [5.41, 5.74) is 0.970. The van der Waals surface area contributed by atoms with Gasteiger partial charge in [0.25, 0.3) is 0 Å². The van der Waals surface area contributed by atoms with Crippen LogP contribution in [0.25, 0.3) is 0 Å². The zero-order chi connectivity index (χ0) is 19.2. The molecule has 0 fully saturated rings. The molecule has 1 aromatic heterocycles. The van der Waals surface area contributed by atoms with E-state index in [9.17, 15) is 18.0 Å². The maximum absolute atomic E-state index is 12.2. The predicted octanol–water partition coefficient (Wildman–Crippen LogP) is 0.951. The molecule has 0 spiro atoms. The van der Waals surface area contributed by atoms with E-state index in [4.69, 9.17) is 0 Å². The predicted molar refractivity (Wildman–Crippen MR) is 96.1 cm³/mol. The molecule has 0 radical (unpaired) electrons. The Hall–Kier alpha value is -2.94. The van der Waals surface area contributed by atoms with E-state index < -0.39 is 28.4 Å². The van der Waals surface area contributed by atoms with Crippen LogP contribution in [0.5, 0.6) is 0 Å². The van der Waals surface area contributed by atoms with Crippen LogP contribution < -0.4 is 9.62 Å². The molecule has 9 heteroatoms. The zero-order valence-corrected chi connectivity index (χ0v) is 15.2. The van der Waals surface area contributed by atoms with Crippen molar-refractivity contribution in [3.05, 3.63) is 59.9 Å². The number of nitrogens with zero attached hydrogens (tertiary/aromatic N) is 2. The second-order valence-electron chi connectivity index (χ2n) is 5.41. The van der Waals surface area contributed by atoms with Gasteiger partial charge in [-0.1, -0.05) is 12.1 Å². The Balaban J connectivity index is 2.21. The lowest BCUT2D eigenvalue weighted by atomic mass is 10.2. The van der Waals surface area contributed by atoms with Gasteiger partial charge < -0.3 is 10.1 Å². The summed E-state index contributed by atoms with van der Waals surface area (Å²) in [6.45, 7) is -0.227. The van der Waals surface area contributed by atoms with Gasteiger partial charge in [0.05, 0.1) is 24.6 Å². The number of aromatic nitrogens is 1. The van der Waals surface area contributed by atoms with Crippen LogP contribution in [0.4, 0.5) is 5.69 Å². The van der Waals surface area contributed by atoms with E-state index in [1.807, 2.05) is 0 Å². The zero-order valence-electron chi connectivity index (χ0n) is 14.4. The maximum atomic E-state index is 12.2. The minimum atomic E-state index is -3.81. The molecule has 2 rings (SSSR count). The molecular weight excluding hydrogens is 358 g/mol. The van der Waals surface area contributed by atoms with E-state index in [0.29, 0.717) is 0 Å². The third-order valence-corrected chi connectivity index (χ3v) is 4.63. The number of nitrogens with one attached hydrogen (secondary N) is 1. The summed E-state index contributed by atoms with van der Waals surface area (Å²) in [6, 6.07) is 9.52. The number of benzene rings is 1. The van der Waals surface area contributed by atoms with E-state index in [0.717, 1.165) is 16.1 Å². The first kappa shape index (κ1) is 19.4. The summed E-state index contributed by atoms with van der Waals surface area (Å²) in [6.07, 6.45) is 4.16. The number of carbonyl (C=O) groups excluding carboxylic acids is 2. The van der Waals surface area contributed by atoms with Gasteiger partial charge >= 0.3 is 5.97 Å². The number of pyridine rings is 1. The fourth-order valence-electron chi connectivity index (χ4n) is 2.24. The van der Waals surface area contributed by atoms with Crippen molar-refractivity contribution in [2.75, 3.05) is 24.2 Å². The Morgan fingerprint density at radius 2 is 1.81 bits per heavy atom. The van der Waals surface area contributed by atoms with Gasteiger partial charge in [-0.2, -0.15) is 0 Å². The van der Waals surface area contributed by atoms with Crippen molar-refractivity contribution in [3.63, 3.8) is 0 Å². The van der Waals surface area contributed by atoms with Crippen LogP contribution in [0.1, 0.15) is 15.9 Å². The van der Waals surface area contributed by atoms with Crippen LogP contribution in [0, 0.1) is 0 Å². The van der Waals surface area contributed by atoms with Crippen LogP contribution in [0.2, 0.25) is 0 Å². The molecule has 0 aliphatic rings. The smallest absolute Gasteiger partial charge is 0.340 e. The molecule has 2 aromatic rings. The standard InChI is InChI=1S/C17H19N3O5S/c1-25-17(22)14-5-3-4-6-15(14)20(26(2,23)24)12-16(21)19-11-13-7-9-18-10-8-13/h3-10H,11-12H2,1-2H3,(H,19,21). The maximum Gasteiger partial charge on any atom is 0.340 e. The molecule has 1 amide bonds. The average molecular weight is 377 g/mol. The average Bonchev–Trinajstić information content (AvgIpc) is 2.63. The minimum absolute atomic E-state index is 0.0577. The summed E-state index contributed by atoms with van der Waals surface area (Å²) in [5, 5.41) is 2.64. The van der Waals surface area contributed by atoms with Crippen LogP contribution in [0.15, 0.2) is 48.8 Å². The summed E-state index contributed by atoms with van der Waals surface area (Å²) >= 11 is 0. The Kier molecular flexibility index (Phi) is 6.29. The van der Waals surface area contributed by atoms with E-state index in [2.05, 4.69) is 15.0 Å². The fourth-order valence-corrected chi connectivity index (χ4v) is 3.11. The summed E-state index contributed by atoms with van der Waals surface area (Å²) in [4.78, 5) is 28.0. The molecule has 138 valence electrons. The summed E-state index contributed by atoms with van der Waals surface area (Å²) in [5.74, 6) is -1.20. The minimum Gasteiger partial charge on any atom is -0.465 e. The lowest BCUT2D eigenvalue weighted by Crippen LogP contribution is -2.40. The van der Waals surface area contributed by atoms with Gasteiger partial charge in [0, 0.05) is 18.9 Å². The third kappa shape index (κ3) is 5.03. The first-order valence-electron chi connectivity index (χ1n) is 7.63. The lowest BCUT2D eigenvalue weighted by Gasteiger charge is -2.23. The number of ether oxygens (including phenoxy) is 1. The van der Waals surface area contributed by atoms with Crippen molar-refractivity contribution in [2.45, 2.75) is 6.54 Å². The Bertz CT molecular complexity index is 884. The van der Waals surface area contributed by atoms with Gasteiger partial charge in [-0.15, -0.1) is 0 Å². The molecule has 0 unspecified atom stereocenters. The molecule has 1 heterocycles. The van der Waals surface area contributed by atoms with E-state index >= 15 is 0 Å². The van der Waals surface area contributed by atoms with Gasteiger partial charge in [-0.25, -0.2) is 13.2 Å². The molecule has 0 bridgehead atoms. The number of hydrogen-bond donors (Lipinski definition) is 1. The number of esters is 1. The number of sulfonamides is 1. The van der Waals surface area contributed by atoms with Gasteiger partial charge in [0.1, 0.15) is 6.54 Å². The monoisotopic (exact) mass is 377 g/mol. The Morgan fingerprint density at radius 1 is 1.15 bits per heavy atom. The van der Waals surface area contributed by atoms with E-state index in [-0.39, 0.29) is 17.8 Å². The highest BCUT2D eigenvalue weighted by Gasteiger charge is 2.25. The number of para-hydroxylation sites is 1. The third-order valence-electron chi connectivity index (χ3n) is 3.50. The number of amides is 1. The van der Waals surface area contributed by atoms with Gasteiger partial charge in [0.2, 0.25) is 15.9 Å². The van der Waals surface area contributed by atoms with Crippen molar-refractivity contribution in [1.29, 1.82) is 0 Å². The van der Waals surface area contributed by atoms with E-state index in [1.54, 1.807) is 36.7 Å². The van der Waals surface area contributed by atoms with Crippen molar-refractivity contribution < 1.29 is 22.7 Å². The molecule has 0 atom stereocenters. The Morgan fingerprint density at radius 3 is 2.42 bits per heavy atom. The van der Waals surface area contributed by atoms with Crippen molar-refractivity contribution >= 4 is 27.6 Å². The molecule has 0 saturated carbocycles. The highest BCUT2D eigenvalue weighted by Crippen LogP contribution is 2.23. The van der Waals surface area contributed by atoms with E-state index in [1.165, 1.54) is 19.2 Å². The summed E-state index contributed by atoms with van der Waals surface area (Å²) in [7, 11) is -2.61.